The summed E-state index contributed by atoms with van der Waals surface area (Å²) < 4.78 is 22.7. The largest absolute Gasteiger partial charge is 0.356 e. The number of aryl methyl sites for hydroxylation is 1. The fourth-order valence-corrected chi connectivity index (χ4v) is 3.53. The maximum atomic E-state index is 13.2. The van der Waals surface area contributed by atoms with Crippen LogP contribution in [-0.4, -0.2) is 45.6 Å². The summed E-state index contributed by atoms with van der Waals surface area (Å²) in [6.45, 7) is 6.30. The van der Waals surface area contributed by atoms with Gasteiger partial charge in [0.15, 0.2) is 5.58 Å². The zero-order valence-electron chi connectivity index (χ0n) is 12.7. The van der Waals surface area contributed by atoms with Crippen molar-refractivity contribution >= 4 is 27.6 Å². The second-order valence-corrected chi connectivity index (χ2v) is 6.39. The molecule has 3 aromatic rings. The fraction of sp³-hybridized carbons (Fsp3) is 0.400. The van der Waals surface area contributed by atoms with Gasteiger partial charge in [0.2, 0.25) is 5.13 Å². The molecule has 6 nitrogen and oxygen atoms in total. The van der Waals surface area contributed by atoms with E-state index in [4.69, 9.17) is 4.52 Å². The normalized spacial score (nSPS) is 16.3. The minimum absolute atomic E-state index is 0.304. The Morgan fingerprint density at radius 1 is 1.26 bits per heavy atom. The van der Waals surface area contributed by atoms with E-state index in [1.807, 2.05) is 6.92 Å². The zero-order valence-corrected chi connectivity index (χ0v) is 13.5. The smallest absolute Gasteiger partial charge is 0.205 e. The Morgan fingerprint density at radius 3 is 2.83 bits per heavy atom. The van der Waals surface area contributed by atoms with Crippen LogP contribution in [0.3, 0.4) is 0 Å². The summed E-state index contributed by atoms with van der Waals surface area (Å²) in [6, 6.07) is 4.55. The maximum Gasteiger partial charge on any atom is 0.205 e. The van der Waals surface area contributed by atoms with Crippen LogP contribution >= 0.6 is 11.5 Å². The number of benzene rings is 1. The predicted molar refractivity (Wildman–Crippen MR) is 86.1 cm³/mol. The summed E-state index contributed by atoms with van der Waals surface area (Å²) in [5.41, 5.74) is 1.36. The van der Waals surface area contributed by atoms with Gasteiger partial charge in [0, 0.05) is 55.7 Å². The highest BCUT2D eigenvalue weighted by atomic mass is 32.1. The van der Waals surface area contributed by atoms with Crippen molar-refractivity contribution in [1.29, 1.82) is 0 Å². The lowest BCUT2D eigenvalue weighted by molar-refractivity contribution is 0.243. The Labute approximate surface area is 136 Å². The molecular weight excluding hydrogens is 317 g/mol. The molecule has 0 saturated carbocycles. The first kappa shape index (κ1) is 14.5. The van der Waals surface area contributed by atoms with Gasteiger partial charge >= 0.3 is 0 Å². The minimum atomic E-state index is -0.304. The Hall–Kier alpha value is -2.06. The number of hydrogen-bond donors (Lipinski definition) is 0. The molecule has 0 amide bonds. The number of hydrogen-bond acceptors (Lipinski definition) is 7. The lowest BCUT2D eigenvalue weighted by Crippen LogP contribution is -2.46. The number of anilines is 1. The van der Waals surface area contributed by atoms with Gasteiger partial charge in [-0.25, -0.2) is 9.37 Å². The van der Waals surface area contributed by atoms with Crippen molar-refractivity contribution in [2.24, 2.45) is 0 Å². The number of rotatable bonds is 3. The van der Waals surface area contributed by atoms with Crippen LogP contribution in [0.2, 0.25) is 0 Å². The predicted octanol–water partition coefficient (Wildman–Crippen LogP) is 2.45. The van der Waals surface area contributed by atoms with Gasteiger partial charge in [-0.3, -0.25) is 4.90 Å². The van der Waals surface area contributed by atoms with E-state index in [-0.39, 0.29) is 5.82 Å². The highest BCUT2D eigenvalue weighted by molar-refractivity contribution is 7.09. The van der Waals surface area contributed by atoms with E-state index in [2.05, 4.69) is 24.3 Å². The van der Waals surface area contributed by atoms with Crippen LogP contribution < -0.4 is 4.90 Å². The summed E-state index contributed by atoms with van der Waals surface area (Å²) in [6.07, 6.45) is 0. The molecule has 0 N–H and O–H groups in total. The molecule has 0 bridgehead atoms. The van der Waals surface area contributed by atoms with Crippen LogP contribution in [0.15, 0.2) is 22.7 Å². The average molecular weight is 333 g/mol. The van der Waals surface area contributed by atoms with E-state index >= 15 is 0 Å². The van der Waals surface area contributed by atoms with Gasteiger partial charge in [0.1, 0.15) is 17.3 Å². The van der Waals surface area contributed by atoms with E-state index in [0.29, 0.717) is 12.1 Å². The first-order valence-corrected chi connectivity index (χ1v) is 8.28. The Bertz CT molecular complexity index is 824. The third kappa shape index (κ3) is 2.91. The molecule has 0 atom stereocenters. The van der Waals surface area contributed by atoms with Gasteiger partial charge in [-0.15, -0.1) is 0 Å². The van der Waals surface area contributed by atoms with Gasteiger partial charge in [0.05, 0.1) is 0 Å². The quantitative estimate of drug-likeness (QED) is 0.734. The maximum absolute atomic E-state index is 13.2. The van der Waals surface area contributed by atoms with Gasteiger partial charge in [0.25, 0.3) is 0 Å². The third-order valence-electron chi connectivity index (χ3n) is 4.04. The topological polar surface area (TPSA) is 58.3 Å². The fourth-order valence-electron chi connectivity index (χ4n) is 2.80. The molecule has 1 aromatic carbocycles. The van der Waals surface area contributed by atoms with E-state index in [9.17, 15) is 4.39 Å². The summed E-state index contributed by atoms with van der Waals surface area (Å²) in [4.78, 5) is 9.02. The molecule has 3 heterocycles. The van der Waals surface area contributed by atoms with Crippen molar-refractivity contribution in [2.75, 3.05) is 31.1 Å². The molecule has 1 fully saturated rings. The summed E-state index contributed by atoms with van der Waals surface area (Å²) in [7, 11) is 0. The molecule has 23 heavy (non-hydrogen) atoms. The molecule has 2 aromatic heterocycles. The van der Waals surface area contributed by atoms with Gasteiger partial charge in [-0.2, -0.15) is 4.37 Å². The van der Waals surface area contributed by atoms with Crippen molar-refractivity contribution in [1.82, 2.24) is 19.4 Å². The third-order valence-corrected chi connectivity index (χ3v) is 4.91. The van der Waals surface area contributed by atoms with E-state index < -0.39 is 0 Å². The first-order valence-electron chi connectivity index (χ1n) is 7.50. The summed E-state index contributed by atoms with van der Waals surface area (Å²) in [5.74, 6) is 0.523. The molecule has 0 unspecified atom stereocenters. The van der Waals surface area contributed by atoms with E-state index in [1.54, 1.807) is 6.07 Å². The molecular formula is C15H16FN5OS. The number of aromatic nitrogens is 3. The molecule has 0 radical (unpaired) electrons. The Balaban J connectivity index is 1.42. The molecule has 1 aliphatic rings. The number of nitrogens with zero attached hydrogens (tertiary/aromatic N) is 5. The highest BCUT2D eigenvalue weighted by Gasteiger charge is 2.21. The number of fused-ring (bicyclic) bond motifs is 1. The van der Waals surface area contributed by atoms with E-state index in [0.717, 1.165) is 48.2 Å². The number of piperazine rings is 1. The first-order chi connectivity index (χ1) is 11.2. The van der Waals surface area contributed by atoms with Crippen LogP contribution in [0.4, 0.5) is 9.52 Å². The van der Waals surface area contributed by atoms with Crippen molar-refractivity contribution in [2.45, 2.75) is 13.5 Å². The highest BCUT2D eigenvalue weighted by Crippen LogP contribution is 2.23. The lowest BCUT2D eigenvalue weighted by Gasteiger charge is -2.33. The van der Waals surface area contributed by atoms with Crippen LogP contribution in [0, 0.1) is 12.7 Å². The van der Waals surface area contributed by atoms with Crippen molar-refractivity contribution in [3.63, 3.8) is 0 Å². The molecule has 1 aliphatic heterocycles. The molecule has 8 heteroatoms. The molecule has 120 valence electrons. The second-order valence-electron chi connectivity index (χ2n) is 5.66. The van der Waals surface area contributed by atoms with Gasteiger partial charge in [-0.1, -0.05) is 5.16 Å². The van der Waals surface area contributed by atoms with Gasteiger partial charge < -0.3 is 9.42 Å². The Kier molecular flexibility index (Phi) is 3.70. The molecule has 0 aliphatic carbocycles. The second kappa shape index (κ2) is 5.86. The standard InChI is InChI=1S/C15H16FN5OS/c1-10-17-15(23-19-10)21-6-4-20(5-7-21)9-13-12-3-2-11(16)8-14(12)22-18-13/h2-3,8H,4-7,9H2,1H3. The van der Waals surface area contributed by atoms with Crippen LogP contribution in [-0.2, 0) is 6.54 Å². The van der Waals surface area contributed by atoms with Crippen LogP contribution in [0.1, 0.15) is 11.5 Å². The summed E-state index contributed by atoms with van der Waals surface area (Å²) in [5, 5.41) is 5.97. The number of halogens is 1. The van der Waals surface area contributed by atoms with Crippen molar-refractivity contribution < 1.29 is 8.91 Å². The minimum Gasteiger partial charge on any atom is -0.356 e. The molecule has 0 spiro atoms. The van der Waals surface area contributed by atoms with Crippen LogP contribution in [0.25, 0.3) is 11.0 Å². The van der Waals surface area contributed by atoms with E-state index in [1.165, 1.54) is 23.7 Å². The van der Waals surface area contributed by atoms with Crippen molar-refractivity contribution in [3.05, 3.63) is 35.5 Å². The Morgan fingerprint density at radius 2 is 2.09 bits per heavy atom. The summed E-state index contributed by atoms with van der Waals surface area (Å²) >= 11 is 1.45. The molecule has 1 saturated heterocycles. The van der Waals surface area contributed by atoms with Crippen LogP contribution in [0.5, 0.6) is 0 Å². The van der Waals surface area contributed by atoms with Crippen molar-refractivity contribution in [3.8, 4) is 0 Å². The SMILES string of the molecule is Cc1nsc(N2CCN(Cc3noc4cc(F)ccc34)CC2)n1. The average Bonchev–Trinajstić information content (AvgIpc) is 3.15. The lowest BCUT2D eigenvalue weighted by atomic mass is 10.2. The van der Waals surface area contributed by atoms with Gasteiger partial charge in [-0.05, 0) is 19.1 Å². The zero-order chi connectivity index (χ0) is 15.8. The monoisotopic (exact) mass is 333 g/mol. The molecule has 4 rings (SSSR count).